The van der Waals surface area contributed by atoms with Crippen molar-refractivity contribution in [2.24, 2.45) is 0 Å². The lowest BCUT2D eigenvalue weighted by Crippen LogP contribution is -2.37. The van der Waals surface area contributed by atoms with Crippen LogP contribution in [0.15, 0.2) is 9.70 Å². The van der Waals surface area contributed by atoms with Gasteiger partial charge in [0.25, 0.3) is 11.5 Å². The highest BCUT2D eigenvalue weighted by molar-refractivity contribution is 8.26. The van der Waals surface area contributed by atoms with Gasteiger partial charge in [0, 0.05) is 45.0 Å². The molecule has 1 aromatic heterocycles. The smallest absolute Gasteiger partial charge is 0.270 e. The molecule has 172 valence electrons. The Morgan fingerprint density at radius 2 is 1.94 bits per heavy atom. The summed E-state index contributed by atoms with van der Waals surface area (Å²) in [6, 6.07) is 2.08. The average Bonchev–Trinajstić information content (AvgIpc) is 3.06. The van der Waals surface area contributed by atoms with E-state index in [1.165, 1.54) is 11.8 Å². The van der Waals surface area contributed by atoms with Crippen LogP contribution >= 0.6 is 24.0 Å². The van der Waals surface area contributed by atoms with Gasteiger partial charge < -0.3 is 9.64 Å². The first kappa shape index (κ1) is 24.5. The number of hydrogen-bond donors (Lipinski definition) is 0. The number of anilines is 1. The molecule has 0 saturated carbocycles. The van der Waals surface area contributed by atoms with Gasteiger partial charge in [0.2, 0.25) is 0 Å². The summed E-state index contributed by atoms with van der Waals surface area (Å²) in [4.78, 5) is 30.5. The first-order valence-electron chi connectivity index (χ1n) is 11.2. The van der Waals surface area contributed by atoms with E-state index in [0.717, 1.165) is 43.7 Å². The first-order valence-corrected chi connectivity index (χ1v) is 12.4. The van der Waals surface area contributed by atoms with E-state index in [9.17, 15) is 14.9 Å². The van der Waals surface area contributed by atoms with E-state index in [0.29, 0.717) is 47.5 Å². The van der Waals surface area contributed by atoms with Crippen LogP contribution in [0.3, 0.4) is 0 Å². The lowest BCUT2D eigenvalue weighted by atomic mass is 10.0. The van der Waals surface area contributed by atoms with Crippen molar-refractivity contribution in [2.45, 2.75) is 53.0 Å². The molecule has 9 heteroatoms. The predicted octanol–water partition coefficient (Wildman–Crippen LogP) is 3.67. The Labute approximate surface area is 199 Å². The van der Waals surface area contributed by atoms with Gasteiger partial charge in [-0.1, -0.05) is 24.0 Å². The maximum absolute atomic E-state index is 13.1. The van der Waals surface area contributed by atoms with Gasteiger partial charge in [0.05, 0.1) is 4.91 Å². The summed E-state index contributed by atoms with van der Waals surface area (Å²) in [6.45, 7) is 9.54. The maximum atomic E-state index is 13.1. The molecule has 0 N–H and O–H groups in total. The van der Waals surface area contributed by atoms with E-state index in [1.807, 2.05) is 19.9 Å². The van der Waals surface area contributed by atoms with Gasteiger partial charge in [-0.3, -0.25) is 19.1 Å². The third-order valence-corrected chi connectivity index (χ3v) is 7.22. The second kappa shape index (κ2) is 11.1. The maximum Gasteiger partial charge on any atom is 0.270 e. The zero-order valence-electron chi connectivity index (χ0n) is 19.0. The van der Waals surface area contributed by atoms with Crippen LogP contribution in [0.1, 0.15) is 56.2 Å². The molecule has 0 spiro atoms. The number of thiocarbonyl (C=S) groups is 1. The molecule has 0 unspecified atom stereocenters. The van der Waals surface area contributed by atoms with E-state index in [2.05, 4.69) is 11.0 Å². The highest BCUT2D eigenvalue weighted by Gasteiger charge is 2.33. The Morgan fingerprint density at radius 3 is 2.56 bits per heavy atom. The fourth-order valence-corrected chi connectivity index (χ4v) is 5.47. The third-order valence-electron chi connectivity index (χ3n) is 5.84. The minimum atomic E-state index is -0.270. The molecular formula is C23H30N4O3S2. The van der Waals surface area contributed by atoms with Crippen molar-refractivity contribution >= 4 is 46.1 Å². The van der Waals surface area contributed by atoms with Gasteiger partial charge in [-0.25, -0.2) is 0 Å². The Balaban J connectivity index is 2.06. The molecule has 0 bridgehead atoms. The fourth-order valence-electron chi connectivity index (χ4n) is 4.18. The van der Waals surface area contributed by atoms with Gasteiger partial charge in [-0.2, -0.15) is 5.26 Å². The van der Waals surface area contributed by atoms with Crippen LogP contribution in [0.5, 0.6) is 0 Å². The number of thioether (sulfide) groups is 1. The van der Waals surface area contributed by atoms with Gasteiger partial charge in [0.1, 0.15) is 21.8 Å². The lowest BCUT2D eigenvalue weighted by molar-refractivity contribution is -0.122. The number of nitriles is 1. The molecular weight excluding hydrogens is 444 g/mol. The molecule has 3 heterocycles. The van der Waals surface area contributed by atoms with Crippen LogP contribution in [0, 0.1) is 18.3 Å². The number of carbonyl (C=O) groups excluding carboxylic acids is 1. The second-order valence-corrected chi connectivity index (χ2v) is 9.51. The number of piperidine rings is 1. The normalized spacial score (nSPS) is 18.0. The zero-order valence-corrected chi connectivity index (χ0v) is 20.6. The van der Waals surface area contributed by atoms with Crippen LogP contribution < -0.4 is 10.5 Å². The highest BCUT2D eigenvalue weighted by Crippen LogP contribution is 2.36. The number of amides is 1. The molecule has 1 aromatic rings. The number of carbonyl (C=O) groups is 1. The lowest BCUT2D eigenvalue weighted by Gasteiger charge is -2.33. The van der Waals surface area contributed by atoms with Crippen LogP contribution in [-0.4, -0.2) is 52.5 Å². The quantitative estimate of drug-likeness (QED) is 0.323. The molecule has 3 rings (SSSR count). The summed E-state index contributed by atoms with van der Waals surface area (Å²) >= 11 is 6.74. The summed E-state index contributed by atoms with van der Waals surface area (Å²) in [5, 5.41) is 9.67. The monoisotopic (exact) mass is 474 g/mol. The molecule has 2 saturated heterocycles. The van der Waals surface area contributed by atoms with Crippen molar-refractivity contribution in [1.82, 2.24) is 9.47 Å². The van der Waals surface area contributed by atoms with Crippen LogP contribution in [0.4, 0.5) is 5.82 Å². The number of pyridine rings is 1. The van der Waals surface area contributed by atoms with E-state index in [4.69, 9.17) is 17.0 Å². The SMILES string of the molecule is CCOCCCN1C(=O)C(=Cc2c(C)c(C#N)c(=O)n(CC)c2N2CCCCC2)SC1=S. The molecule has 7 nitrogen and oxygen atoms in total. The Kier molecular flexibility index (Phi) is 8.51. The first-order chi connectivity index (χ1) is 15.4. The van der Waals surface area contributed by atoms with Crippen molar-refractivity contribution in [3.8, 4) is 6.07 Å². The van der Waals surface area contributed by atoms with Crippen molar-refractivity contribution in [2.75, 3.05) is 37.7 Å². The summed E-state index contributed by atoms with van der Waals surface area (Å²) < 4.78 is 7.58. The standard InChI is InChI=1S/C23H30N4O3S2/c1-4-26-20(25-10-7-6-8-11-25)17(16(3)18(15-24)21(26)28)14-19-22(29)27(23(31)32-19)12-9-13-30-5-2/h14H,4-13H2,1-3H3. The second-order valence-electron chi connectivity index (χ2n) is 7.83. The van der Waals surface area contributed by atoms with Crippen molar-refractivity contribution in [1.29, 1.82) is 5.26 Å². The average molecular weight is 475 g/mol. The van der Waals surface area contributed by atoms with Crippen LogP contribution in [0.2, 0.25) is 0 Å². The van der Waals surface area contributed by atoms with Gasteiger partial charge in [-0.15, -0.1) is 0 Å². The summed E-state index contributed by atoms with van der Waals surface area (Å²) in [5.74, 6) is 0.670. The van der Waals surface area contributed by atoms with Crippen LogP contribution in [-0.2, 0) is 16.1 Å². The van der Waals surface area contributed by atoms with Crippen molar-refractivity contribution < 1.29 is 9.53 Å². The zero-order chi connectivity index (χ0) is 23.3. The van der Waals surface area contributed by atoms with E-state index in [-0.39, 0.29) is 17.0 Å². The summed E-state index contributed by atoms with van der Waals surface area (Å²) in [6.07, 6.45) is 5.81. The summed E-state index contributed by atoms with van der Waals surface area (Å²) in [5.41, 5.74) is 1.24. The van der Waals surface area contributed by atoms with Gasteiger partial charge in [-0.05, 0) is 58.1 Å². The predicted molar refractivity (Wildman–Crippen MR) is 133 cm³/mol. The largest absolute Gasteiger partial charge is 0.382 e. The molecule has 0 atom stereocenters. The Bertz CT molecular complexity index is 1020. The highest BCUT2D eigenvalue weighted by atomic mass is 32.2. The number of hydrogen-bond acceptors (Lipinski definition) is 7. The van der Waals surface area contributed by atoms with E-state index >= 15 is 0 Å². The van der Waals surface area contributed by atoms with Gasteiger partial charge in [0.15, 0.2) is 0 Å². The molecule has 32 heavy (non-hydrogen) atoms. The topological polar surface area (TPSA) is 78.6 Å². The number of ether oxygens (including phenoxy) is 1. The molecule has 2 fully saturated rings. The molecule has 0 aliphatic carbocycles. The van der Waals surface area contributed by atoms with Gasteiger partial charge >= 0.3 is 0 Å². The number of nitrogens with zero attached hydrogens (tertiary/aromatic N) is 4. The molecule has 2 aliphatic rings. The van der Waals surface area contributed by atoms with Crippen LogP contribution in [0.25, 0.3) is 6.08 Å². The number of rotatable bonds is 8. The van der Waals surface area contributed by atoms with Crippen molar-refractivity contribution in [3.63, 3.8) is 0 Å². The Morgan fingerprint density at radius 1 is 1.22 bits per heavy atom. The van der Waals surface area contributed by atoms with E-state index in [1.54, 1.807) is 16.4 Å². The summed E-state index contributed by atoms with van der Waals surface area (Å²) in [7, 11) is 0. The number of aromatic nitrogens is 1. The third kappa shape index (κ3) is 4.92. The molecule has 0 aromatic carbocycles. The Hall–Kier alpha value is -2.15. The van der Waals surface area contributed by atoms with E-state index < -0.39 is 0 Å². The fraction of sp³-hybridized carbons (Fsp3) is 0.565. The minimum Gasteiger partial charge on any atom is -0.382 e. The molecule has 1 amide bonds. The molecule has 0 radical (unpaired) electrons. The molecule has 2 aliphatic heterocycles. The minimum absolute atomic E-state index is 0.131. The van der Waals surface area contributed by atoms with Crippen molar-refractivity contribution in [3.05, 3.63) is 31.9 Å².